The van der Waals surface area contributed by atoms with Crippen LogP contribution in [0.25, 0.3) is 6.08 Å². The van der Waals surface area contributed by atoms with Gasteiger partial charge in [0.25, 0.3) is 0 Å². The fraction of sp³-hybridized carbons (Fsp3) is 0.0667. The van der Waals surface area contributed by atoms with Gasteiger partial charge in [-0.15, -0.1) is 0 Å². The third-order valence-corrected chi connectivity index (χ3v) is 3.49. The average molecular weight is 260 g/mol. The first-order chi connectivity index (χ1) is 8.74. The maximum atomic E-state index is 12.7. The number of benzene rings is 2. The third-order valence-electron chi connectivity index (χ3n) is 2.43. The van der Waals surface area contributed by atoms with E-state index >= 15 is 0 Å². The second-order valence-electron chi connectivity index (χ2n) is 3.86. The fourth-order valence-electron chi connectivity index (χ4n) is 1.51. The predicted molar refractivity (Wildman–Crippen MR) is 73.7 cm³/mol. The molecule has 0 saturated heterocycles. The molecule has 0 spiro atoms. The van der Waals surface area contributed by atoms with E-state index in [1.54, 1.807) is 17.5 Å². The van der Waals surface area contributed by atoms with Crippen LogP contribution < -0.4 is 0 Å². The van der Waals surface area contributed by atoms with Gasteiger partial charge in [0.1, 0.15) is 17.0 Å². The summed E-state index contributed by atoms with van der Waals surface area (Å²) in [7, 11) is 0. The lowest BCUT2D eigenvalue weighted by Gasteiger charge is -2.05. The lowest BCUT2D eigenvalue weighted by Crippen LogP contribution is -1.99. The zero-order valence-electron chi connectivity index (χ0n) is 9.75. The van der Waals surface area contributed by atoms with E-state index in [0.29, 0.717) is 5.75 Å². The van der Waals surface area contributed by atoms with Crippen molar-refractivity contribution in [2.24, 2.45) is 0 Å². The van der Waals surface area contributed by atoms with Gasteiger partial charge in [0, 0.05) is 5.56 Å². The van der Waals surface area contributed by atoms with Gasteiger partial charge in [-0.2, -0.15) is 0 Å². The molecule has 0 saturated carbocycles. The van der Waals surface area contributed by atoms with E-state index < -0.39 is 11.2 Å². The van der Waals surface area contributed by atoms with Crippen molar-refractivity contribution >= 4 is 17.3 Å². The molecule has 18 heavy (non-hydrogen) atoms. The molecule has 0 heterocycles. The Hall–Kier alpha value is -1.58. The molecular weight excluding hydrogens is 247 g/mol. The molecule has 0 bridgehead atoms. The maximum Gasteiger partial charge on any atom is 0.135 e. The van der Waals surface area contributed by atoms with E-state index in [1.807, 2.05) is 36.4 Å². The van der Waals surface area contributed by atoms with Crippen molar-refractivity contribution < 1.29 is 8.94 Å². The average Bonchev–Trinajstić information content (AvgIpc) is 2.40. The highest BCUT2D eigenvalue weighted by Gasteiger charge is 2.03. The van der Waals surface area contributed by atoms with E-state index in [0.717, 1.165) is 11.1 Å². The minimum Gasteiger partial charge on any atom is -0.612 e. The van der Waals surface area contributed by atoms with Gasteiger partial charge >= 0.3 is 0 Å². The largest absolute Gasteiger partial charge is 0.612 e. The monoisotopic (exact) mass is 260 g/mol. The van der Waals surface area contributed by atoms with Crippen LogP contribution in [-0.2, 0) is 16.9 Å². The van der Waals surface area contributed by atoms with Gasteiger partial charge in [-0.25, -0.2) is 4.39 Å². The summed E-state index contributed by atoms with van der Waals surface area (Å²) >= 11 is -1.08. The number of halogens is 1. The van der Waals surface area contributed by atoms with E-state index in [9.17, 15) is 8.94 Å². The molecule has 0 N–H and O–H groups in total. The molecule has 2 rings (SSSR count). The number of hydrogen-bond acceptors (Lipinski definition) is 1. The zero-order valence-corrected chi connectivity index (χ0v) is 10.6. The van der Waals surface area contributed by atoms with Crippen molar-refractivity contribution in [1.29, 1.82) is 0 Å². The van der Waals surface area contributed by atoms with Crippen LogP contribution in [0.1, 0.15) is 11.1 Å². The van der Waals surface area contributed by atoms with Gasteiger partial charge in [-0.1, -0.05) is 42.5 Å². The van der Waals surface area contributed by atoms with Crippen molar-refractivity contribution in [1.82, 2.24) is 0 Å². The van der Waals surface area contributed by atoms with Crippen LogP contribution in [0.4, 0.5) is 4.39 Å². The summed E-state index contributed by atoms with van der Waals surface area (Å²) in [5, 5.41) is 1.67. The number of hydrogen-bond donors (Lipinski definition) is 0. The molecule has 1 nitrogen and oxygen atoms in total. The molecule has 0 aromatic heterocycles. The minimum atomic E-state index is -1.08. The molecule has 0 radical (unpaired) electrons. The van der Waals surface area contributed by atoms with Crippen LogP contribution in [0.2, 0.25) is 0 Å². The molecule has 0 amide bonds. The normalized spacial score (nSPS) is 12.8. The lowest BCUT2D eigenvalue weighted by molar-refractivity contribution is 0.602. The molecule has 0 aliphatic carbocycles. The summed E-state index contributed by atoms with van der Waals surface area (Å²) in [6.45, 7) is 0. The quantitative estimate of drug-likeness (QED) is 0.768. The Labute approximate surface area is 109 Å². The Morgan fingerprint density at radius 1 is 1.00 bits per heavy atom. The Balaban J connectivity index is 1.94. The molecular formula is C15H13FOS. The SMILES string of the molecule is [O-][S+](/C=C\c1ccccc1)Cc1ccc(F)cc1. The standard InChI is InChI=1S/C15H13FOS/c16-15-8-6-14(7-9-15)12-18(17)11-10-13-4-2-1-3-5-13/h1-11H,12H2/b11-10-. The smallest absolute Gasteiger partial charge is 0.135 e. The maximum absolute atomic E-state index is 12.7. The van der Waals surface area contributed by atoms with E-state index in [-0.39, 0.29) is 5.82 Å². The van der Waals surface area contributed by atoms with Crippen LogP contribution in [0.15, 0.2) is 60.0 Å². The van der Waals surface area contributed by atoms with Gasteiger partial charge in [-0.05, 0) is 34.9 Å². The van der Waals surface area contributed by atoms with Gasteiger partial charge in [0.2, 0.25) is 0 Å². The fourth-order valence-corrected chi connectivity index (χ4v) is 2.44. The number of rotatable bonds is 4. The molecule has 92 valence electrons. The second-order valence-corrected chi connectivity index (χ2v) is 5.19. The molecule has 0 fully saturated rings. The van der Waals surface area contributed by atoms with Crippen molar-refractivity contribution in [3.05, 3.63) is 76.9 Å². The minimum absolute atomic E-state index is 0.274. The van der Waals surface area contributed by atoms with E-state index in [4.69, 9.17) is 0 Å². The Morgan fingerprint density at radius 3 is 2.33 bits per heavy atom. The van der Waals surface area contributed by atoms with Gasteiger partial charge < -0.3 is 4.55 Å². The van der Waals surface area contributed by atoms with Gasteiger partial charge in [0.05, 0.1) is 0 Å². The van der Waals surface area contributed by atoms with E-state index in [1.165, 1.54) is 12.1 Å². The van der Waals surface area contributed by atoms with Gasteiger partial charge in [0.15, 0.2) is 0 Å². The molecule has 3 heteroatoms. The molecule has 1 atom stereocenters. The summed E-state index contributed by atoms with van der Waals surface area (Å²) in [5.41, 5.74) is 1.89. The molecule has 0 aliphatic heterocycles. The Kier molecular flexibility index (Phi) is 4.56. The Morgan fingerprint density at radius 2 is 1.67 bits per heavy atom. The third kappa shape index (κ3) is 4.02. The van der Waals surface area contributed by atoms with Crippen LogP contribution in [0.3, 0.4) is 0 Å². The van der Waals surface area contributed by atoms with Crippen LogP contribution in [0, 0.1) is 5.82 Å². The molecule has 0 aliphatic rings. The summed E-state index contributed by atoms with van der Waals surface area (Å²) in [6, 6.07) is 15.8. The first-order valence-corrected chi connectivity index (χ1v) is 6.97. The van der Waals surface area contributed by atoms with E-state index in [2.05, 4.69) is 0 Å². The molecule has 2 aromatic carbocycles. The first-order valence-electron chi connectivity index (χ1n) is 5.59. The highest BCUT2D eigenvalue weighted by molar-refractivity contribution is 7.93. The highest BCUT2D eigenvalue weighted by atomic mass is 32.2. The lowest BCUT2D eigenvalue weighted by atomic mass is 10.2. The van der Waals surface area contributed by atoms with Gasteiger partial charge in [-0.3, -0.25) is 0 Å². The summed E-state index contributed by atoms with van der Waals surface area (Å²) in [4.78, 5) is 0. The van der Waals surface area contributed by atoms with Crippen molar-refractivity contribution in [3.63, 3.8) is 0 Å². The van der Waals surface area contributed by atoms with Crippen LogP contribution in [-0.4, -0.2) is 4.55 Å². The molecule has 2 aromatic rings. The summed E-state index contributed by atoms with van der Waals surface area (Å²) in [5.74, 6) is 0.133. The van der Waals surface area contributed by atoms with Crippen molar-refractivity contribution in [3.8, 4) is 0 Å². The Bertz CT molecular complexity index is 508. The van der Waals surface area contributed by atoms with Crippen LogP contribution in [0.5, 0.6) is 0 Å². The second kappa shape index (κ2) is 6.38. The summed E-state index contributed by atoms with van der Waals surface area (Å²) in [6.07, 6.45) is 1.83. The predicted octanol–water partition coefficient (Wildman–Crippen LogP) is 3.75. The summed E-state index contributed by atoms with van der Waals surface area (Å²) < 4.78 is 24.5. The zero-order chi connectivity index (χ0) is 12.8. The molecule has 1 unspecified atom stereocenters. The first kappa shape index (κ1) is 12.9. The van der Waals surface area contributed by atoms with Crippen molar-refractivity contribution in [2.45, 2.75) is 5.75 Å². The topological polar surface area (TPSA) is 23.1 Å². The highest BCUT2D eigenvalue weighted by Crippen LogP contribution is 2.11. The van der Waals surface area contributed by atoms with Crippen LogP contribution >= 0.6 is 0 Å². The van der Waals surface area contributed by atoms with Crippen molar-refractivity contribution in [2.75, 3.05) is 0 Å².